The van der Waals surface area contributed by atoms with Gasteiger partial charge in [0.2, 0.25) is 17.6 Å². The van der Waals surface area contributed by atoms with Crippen LogP contribution in [0.5, 0.6) is 17.2 Å². The molecule has 1 fully saturated rings. The molecule has 0 bridgehead atoms. The Bertz CT molecular complexity index is 668. The molecular formula is C16H19F3N2O5. The van der Waals surface area contributed by atoms with Gasteiger partial charge in [-0.05, 0) is 0 Å². The molecule has 0 radical (unpaired) electrons. The maximum absolute atomic E-state index is 12.3. The van der Waals surface area contributed by atoms with E-state index in [1.165, 1.54) is 38.4 Å². The number of hydrogen-bond donors (Lipinski definition) is 1. The van der Waals surface area contributed by atoms with Crippen molar-refractivity contribution in [2.45, 2.75) is 12.6 Å². The van der Waals surface area contributed by atoms with Crippen LogP contribution in [0.3, 0.4) is 0 Å². The Hall–Kier alpha value is -2.65. The van der Waals surface area contributed by atoms with Gasteiger partial charge in [-0.15, -0.1) is 0 Å². The highest BCUT2D eigenvalue weighted by Gasteiger charge is 2.37. The molecule has 144 valence electrons. The number of carbonyl (C=O) groups excluding carboxylic acids is 2. The van der Waals surface area contributed by atoms with E-state index in [-0.39, 0.29) is 18.9 Å². The van der Waals surface area contributed by atoms with Gasteiger partial charge in [0.25, 0.3) is 0 Å². The lowest BCUT2D eigenvalue weighted by atomic mass is 10.1. The number of alkyl halides is 3. The van der Waals surface area contributed by atoms with E-state index in [1.807, 2.05) is 5.32 Å². The second-order valence-corrected chi connectivity index (χ2v) is 5.62. The topological polar surface area (TPSA) is 77.1 Å². The predicted octanol–water partition coefficient (Wildman–Crippen LogP) is 1.74. The molecule has 1 unspecified atom stereocenters. The fourth-order valence-electron chi connectivity index (χ4n) is 2.69. The number of anilines is 1. The van der Waals surface area contributed by atoms with Crippen LogP contribution in [0.25, 0.3) is 0 Å². The maximum Gasteiger partial charge on any atom is 0.405 e. The summed E-state index contributed by atoms with van der Waals surface area (Å²) in [7, 11) is 4.27. The van der Waals surface area contributed by atoms with Gasteiger partial charge < -0.3 is 24.4 Å². The Morgan fingerprint density at radius 2 is 1.77 bits per heavy atom. The van der Waals surface area contributed by atoms with Crippen LogP contribution in [-0.4, -0.2) is 52.4 Å². The summed E-state index contributed by atoms with van der Waals surface area (Å²) in [6, 6.07) is 3.07. The molecule has 1 aliphatic heterocycles. The van der Waals surface area contributed by atoms with Gasteiger partial charge in [0.05, 0.1) is 32.9 Å². The van der Waals surface area contributed by atoms with Gasteiger partial charge >= 0.3 is 6.18 Å². The fraction of sp³-hybridized carbons (Fsp3) is 0.500. The van der Waals surface area contributed by atoms with Crippen molar-refractivity contribution in [2.24, 2.45) is 5.92 Å². The summed E-state index contributed by atoms with van der Waals surface area (Å²) in [5.41, 5.74) is 0.399. The summed E-state index contributed by atoms with van der Waals surface area (Å²) in [6.45, 7) is -1.47. The molecule has 10 heteroatoms. The zero-order valence-corrected chi connectivity index (χ0v) is 14.5. The zero-order chi connectivity index (χ0) is 19.5. The molecule has 1 atom stereocenters. The van der Waals surface area contributed by atoms with Gasteiger partial charge in [0.15, 0.2) is 11.5 Å². The lowest BCUT2D eigenvalue weighted by Gasteiger charge is -2.20. The summed E-state index contributed by atoms with van der Waals surface area (Å²) >= 11 is 0. The Balaban J connectivity index is 2.19. The Kier molecular flexibility index (Phi) is 5.83. The third-order valence-electron chi connectivity index (χ3n) is 3.92. The number of amides is 2. The van der Waals surface area contributed by atoms with E-state index in [0.29, 0.717) is 22.9 Å². The van der Waals surface area contributed by atoms with Crippen molar-refractivity contribution in [1.82, 2.24) is 5.32 Å². The van der Waals surface area contributed by atoms with Gasteiger partial charge in [-0.25, -0.2) is 0 Å². The number of rotatable bonds is 6. The molecule has 26 heavy (non-hydrogen) atoms. The van der Waals surface area contributed by atoms with Crippen LogP contribution in [0.1, 0.15) is 6.42 Å². The largest absolute Gasteiger partial charge is 0.493 e. The van der Waals surface area contributed by atoms with Crippen LogP contribution in [-0.2, 0) is 9.59 Å². The summed E-state index contributed by atoms with van der Waals surface area (Å²) < 4.78 is 52.3. The SMILES string of the molecule is COc1cc(N2CC(C(=O)NCC(F)(F)F)CC2=O)cc(OC)c1OC. The fourth-order valence-corrected chi connectivity index (χ4v) is 2.69. The van der Waals surface area contributed by atoms with Crippen molar-refractivity contribution >= 4 is 17.5 Å². The lowest BCUT2D eigenvalue weighted by molar-refractivity contribution is -0.140. The molecular weight excluding hydrogens is 357 g/mol. The summed E-state index contributed by atoms with van der Waals surface area (Å²) in [5, 5.41) is 1.81. The smallest absolute Gasteiger partial charge is 0.405 e. The number of carbonyl (C=O) groups is 2. The van der Waals surface area contributed by atoms with E-state index in [9.17, 15) is 22.8 Å². The molecule has 1 saturated heterocycles. The summed E-state index contributed by atoms with van der Waals surface area (Å²) in [5.74, 6) is -1.09. The number of ether oxygens (including phenoxy) is 3. The highest BCUT2D eigenvalue weighted by Crippen LogP contribution is 2.42. The standard InChI is InChI=1S/C16H19F3N2O5/c1-24-11-5-10(6-12(25-2)14(11)26-3)21-7-9(4-13(21)22)15(23)20-8-16(17,18)19/h5-6,9H,4,7-8H2,1-3H3,(H,20,23). The first-order chi connectivity index (χ1) is 12.2. The second-order valence-electron chi connectivity index (χ2n) is 5.62. The van der Waals surface area contributed by atoms with E-state index < -0.39 is 24.5 Å². The van der Waals surface area contributed by atoms with Gasteiger partial charge in [0.1, 0.15) is 6.54 Å². The average molecular weight is 376 g/mol. The average Bonchev–Trinajstić information content (AvgIpc) is 2.99. The first-order valence-electron chi connectivity index (χ1n) is 7.65. The van der Waals surface area contributed by atoms with Gasteiger partial charge in [0, 0.05) is 25.1 Å². The predicted molar refractivity (Wildman–Crippen MR) is 85.6 cm³/mol. The molecule has 7 nitrogen and oxygen atoms in total. The third-order valence-corrected chi connectivity index (χ3v) is 3.92. The lowest BCUT2D eigenvalue weighted by Crippen LogP contribution is -2.38. The van der Waals surface area contributed by atoms with Gasteiger partial charge in [-0.3, -0.25) is 9.59 Å². The first-order valence-corrected chi connectivity index (χ1v) is 7.65. The molecule has 1 aromatic rings. The van der Waals surface area contributed by atoms with Crippen molar-refractivity contribution in [3.63, 3.8) is 0 Å². The van der Waals surface area contributed by atoms with Crippen molar-refractivity contribution in [3.8, 4) is 17.2 Å². The van der Waals surface area contributed by atoms with Crippen LogP contribution in [0, 0.1) is 5.92 Å². The monoisotopic (exact) mass is 376 g/mol. The number of nitrogens with zero attached hydrogens (tertiary/aromatic N) is 1. The Morgan fingerprint density at radius 3 is 2.23 bits per heavy atom. The Morgan fingerprint density at radius 1 is 1.19 bits per heavy atom. The van der Waals surface area contributed by atoms with Crippen LogP contribution in [0.4, 0.5) is 18.9 Å². The molecule has 0 spiro atoms. The molecule has 1 N–H and O–H groups in total. The van der Waals surface area contributed by atoms with Crippen LogP contribution < -0.4 is 24.4 Å². The normalized spacial score (nSPS) is 17.2. The van der Waals surface area contributed by atoms with Crippen LogP contribution in [0.2, 0.25) is 0 Å². The van der Waals surface area contributed by atoms with Crippen molar-refractivity contribution in [2.75, 3.05) is 39.3 Å². The molecule has 0 aliphatic carbocycles. The minimum atomic E-state index is -4.51. The molecule has 1 aromatic carbocycles. The number of methoxy groups -OCH3 is 3. The van der Waals surface area contributed by atoms with E-state index in [0.717, 1.165) is 0 Å². The highest BCUT2D eigenvalue weighted by molar-refractivity contribution is 6.00. The van der Waals surface area contributed by atoms with E-state index >= 15 is 0 Å². The molecule has 0 aromatic heterocycles. The third kappa shape index (κ3) is 4.30. The second kappa shape index (κ2) is 7.71. The highest BCUT2D eigenvalue weighted by atomic mass is 19.4. The van der Waals surface area contributed by atoms with Crippen molar-refractivity contribution in [1.29, 1.82) is 0 Å². The van der Waals surface area contributed by atoms with Gasteiger partial charge in [-0.1, -0.05) is 0 Å². The molecule has 2 amide bonds. The van der Waals surface area contributed by atoms with E-state index in [2.05, 4.69) is 0 Å². The number of hydrogen-bond acceptors (Lipinski definition) is 5. The minimum absolute atomic E-state index is 0.0405. The Labute approximate surface area is 148 Å². The summed E-state index contributed by atoms with van der Waals surface area (Å²) in [6.07, 6.45) is -4.69. The molecule has 0 saturated carbocycles. The number of benzene rings is 1. The minimum Gasteiger partial charge on any atom is -0.493 e. The van der Waals surface area contributed by atoms with Gasteiger partial charge in [-0.2, -0.15) is 13.2 Å². The maximum atomic E-state index is 12.3. The first kappa shape index (κ1) is 19.7. The summed E-state index contributed by atoms with van der Waals surface area (Å²) in [4.78, 5) is 25.5. The van der Waals surface area contributed by atoms with Crippen LogP contribution >= 0.6 is 0 Å². The quantitative estimate of drug-likeness (QED) is 0.819. The zero-order valence-electron chi connectivity index (χ0n) is 14.5. The van der Waals surface area contributed by atoms with Crippen LogP contribution in [0.15, 0.2) is 12.1 Å². The van der Waals surface area contributed by atoms with E-state index in [1.54, 1.807) is 0 Å². The van der Waals surface area contributed by atoms with Crippen molar-refractivity contribution < 1.29 is 37.0 Å². The number of nitrogens with one attached hydrogen (secondary N) is 1. The van der Waals surface area contributed by atoms with Crippen molar-refractivity contribution in [3.05, 3.63) is 12.1 Å². The van der Waals surface area contributed by atoms with E-state index in [4.69, 9.17) is 14.2 Å². The molecule has 1 heterocycles. The number of halogens is 3. The molecule has 2 rings (SSSR count). The molecule has 1 aliphatic rings.